The van der Waals surface area contributed by atoms with Gasteiger partial charge in [-0.25, -0.2) is 10.0 Å². The molecule has 0 saturated heterocycles. The summed E-state index contributed by atoms with van der Waals surface area (Å²) in [7, 11) is 0. The summed E-state index contributed by atoms with van der Waals surface area (Å²) < 4.78 is 4.00. The van der Waals surface area contributed by atoms with Crippen LogP contribution in [0.1, 0.15) is 72.8 Å². The number of carbonyl (C=O) groups is 1. The molecule has 0 fully saturated rings. The normalized spacial score (nSPS) is 12.7. The molecule has 65 heavy (non-hydrogen) atoms. The predicted octanol–water partition coefficient (Wildman–Crippen LogP) is 6.75. The molecule has 2 aromatic carbocycles. The number of aromatic nitrogens is 8. The van der Waals surface area contributed by atoms with Crippen molar-refractivity contribution in [1.82, 2.24) is 39.5 Å². The van der Waals surface area contributed by atoms with Crippen LogP contribution in [0.5, 0.6) is 0 Å². The molecular formula is C46H44N14O3S2. The first-order valence-corrected chi connectivity index (χ1v) is 22.2. The van der Waals surface area contributed by atoms with Crippen molar-refractivity contribution in [2.24, 2.45) is 10.2 Å². The number of anilines is 4. The number of nitrogens with zero attached hydrogens (tertiary/aromatic N) is 12. The average Bonchev–Trinajstić information content (AvgIpc) is 4.02. The third-order valence-corrected chi connectivity index (χ3v) is 13.4. The highest BCUT2D eigenvalue weighted by Crippen LogP contribution is 2.41. The van der Waals surface area contributed by atoms with Gasteiger partial charge in [-0.05, 0) is 86.3 Å². The quantitative estimate of drug-likeness (QED) is 0.111. The van der Waals surface area contributed by atoms with Crippen LogP contribution >= 0.6 is 22.7 Å². The first kappa shape index (κ1) is 42.8. The molecule has 328 valence electrons. The topological polar surface area (TPSA) is 214 Å². The Morgan fingerprint density at radius 1 is 0.646 bits per heavy atom. The summed E-state index contributed by atoms with van der Waals surface area (Å²) >= 11 is 3.05. The maximum absolute atomic E-state index is 11.4. The molecule has 1 amide bonds. The lowest BCUT2D eigenvalue weighted by molar-refractivity contribution is -0.114. The minimum Gasteiger partial charge on any atom is -0.399 e. The summed E-state index contributed by atoms with van der Waals surface area (Å²) in [4.78, 5) is 21.7. The molecule has 17 nitrogen and oxygen atoms in total. The van der Waals surface area contributed by atoms with Crippen LogP contribution in [0.3, 0.4) is 0 Å². The Hall–Kier alpha value is -7.45. The van der Waals surface area contributed by atoms with E-state index in [9.17, 15) is 15.0 Å². The van der Waals surface area contributed by atoms with Crippen LogP contribution in [0.25, 0.3) is 10.0 Å². The molecule has 2 aliphatic rings. The third kappa shape index (κ3) is 8.28. The molecule has 5 N–H and O–H groups in total. The van der Waals surface area contributed by atoms with E-state index in [2.05, 4.69) is 35.7 Å². The third-order valence-electron chi connectivity index (χ3n) is 10.9. The van der Waals surface area contributed by atoms with Crippen molar-refractivity contribution >= 4 is 63.3 Å². The van der Waals surface area contributed by atoms with Crippen LogP contribution in [-0.4, -0.2) is 67.0 Å². The van der Waals surface area contributed by atoms with Crippen LogP contribution in [-0.2, 0) is 31.1 Å². The van der Waals surface area contributed by atoms with E-state index < -0.39 is 0 Å². The number of benzene rings is 2. The predicted molar refractivity (Wildman–Crippen MR) is 253 cm³/mol. The average molecular weight is 905 g/mol. The van der Waals surface area contributed by atoms with Gasteiger partial charge in [0.15, 0.2) is 0 Å². The van der Waals surface area contributed by atoms with Crippen LogP contribution < -0.4 is 21.1 Å². The lowest BCUT2D eigenvalue weighted by Gasteiger charge is -2.18. The van der Waals surface area contributed by atoms with E-state index in [1.54, 1.807) is 18.6 Å². The van der Waals surface area contributed by atoms with Gasteiger partial charge < -0.3 is 21.3 Å². The van der Waals surface area contributed by atoms with Crippen molar-refractivity contribution in [3.63, 3.8) is 0 Å². The van der Waals surface area contributed by atoms with Gasteiger partial charge in [-0.2, -0.15) is 10.2 Å². The first-order chi connectivity index (χ1) is 31.5. The molecule has 0 radical (unpaired) electrons. The Labute approximate surface area is 381 Å². The number of pyridine rings is 2. The van der Waals surface area contributed by atoms with Crippen LogP contribution in [0.2, 0.25) is 0 Å². The Morgan fingerprint density at radius 3 is 1.49 bits per heavy atom. The molecule has 10 rings (SSSR count). The van der Waals surface area contributed by atoms with Crippen LogP contribution in [0.15, 0.2) is 108 Å². The lowest BCUT2D eigenvalue weighted by atomic mass is 9.99. The molecule has 0 aliphatic carbocycles. The number of carbonyl (C=O) groups excluding carboxylic acids is 1. The van der Waals surface area contributed by atoms with Crippen molar-refractivity contribution < 1.29 is 15.0 Å². The number of amides is 1. The number of hydrogen-bond donors (Lipinski definition) is 4. The number of hydrogen-bond acceptors (Lipinski definition) is 16. The number of aryl methyl sites for hydroxylation is 2. The SMILES string of the molecule is CC(=O)Nc1ccc(C2=NN(Cc3cccnc3)c3nnc(C)n3-c3sc(CO)c(C)c32)cc1.Cc1c(CO)sc2c1C(c1ccc(N)cc1)=NN(Cc1cccnc1)c1nnc(C)n1-2. The van der Waals surface area contributed by atoms with Crippen molar-refractivity contribution in [3.05, 3.63) is 163 Å². The Kier molecular flexibility index (Phi) is 11.8. The summed E-state index contributed by atoms with van der Waals surface area (Å²) in [5.74, 6) is 2.58. The largest absolute Gasteiger partial charge is 0.399 e. The molecule has 6 aromatic heterocycles. The molecule has 0 atom stereocenters. The minimum absolute atomic E-state index is 0.0333. The summed E-state index contributed by atoms with van der Waals surface area (Å²) in [6.45, 7) is 10.2. The Bertz CT molecular complexity index is 3080. The smallest absolute Gasteiger partial charge is 0.253 e. The molecule has 19 heteroatoms. The summed E-state index contributed by atoms with van der Waals surface area (Å²) in [5, 5.41) is 55.9. The number of hydrazone groups is 2. The van der Waals surface area contributed by atoms with Gasteiger partial charge in [0.25, 0.3) is 11.9 Å². The molecule has 2 aliphatic heterocycles. The fourth-order valence-electron chi connectivity index (χ4n) is 7.71. The summed E-state index contributed by atoms with van der Waals surface area (Å²) in [6, 6.07) is 23.1. The Morgan fingerprint density at radius 2 is 1.09 bits per heavy atom. The van der Waals surface area contributed by atoms with Gasteiger partial charge in [0, 0.05) is 75.1 Å². The summed E-state index contributed by atoms with van der Waals surface area (Å²) in [6.07, 6.45) is 7.11. The van der Waals surface area contributed by atoms with E-state index in [0.717, 1.165) is 87.3 Å². The van der Waals surface area contributed by atoms with E-state index in [-0.39, 0.29) is 19.1 Å². The van der Waals surface area contributed by atoms with E-state index >= 15 is 0 Å². The molecule has 0 unspecified atom stereocenters. The second kappa shape index (κ2) is 18.0. The van der Waals surface area contributed by atoms with Gasteiger partial charge in [0.05, 0.1) is 26.3 Å². The van der Waals surface area contributed by atoms with Crippen molar-refractivity contribution in [2.45, 2.75) is 60.9 Å². The highest BCUT2D eigenvalue weighted by Gasteiger charge is 2.33. The standard InChI is InChI=1S/C24H23N7O2S.C22H21N7OS/c1-14-20(13-32)34-23-21(14)22(18-6-8-19(9-7-18)26-16(3)33)29-30(12-17-5-4-10-25-11-17)24-28-27-15(2)31(23)24;1-13-18(12-30)31-21-19(13)20(16-5-7-17(23)8-6-16)27-28(11-15-4-3-9-24-10-15)22-26-25-14(2)29(21)22/h4-11,32H,12-13H2,1-3H3,(H,26,33);3-10,30H,11-12,23H2,1-2H3. The second-order valence-electron chi connectivity index (χ2n) is 15.4. The van der Waals surface area contributed by atoms with E-state index in [4.69, 9.17) is 15.9 Å². The highest BCUT2D eigenvalue weighted by molar-refractivity contribution is 7.15. The molecule has 0 bridgehead atoms. The van der Waals surface area contributed by atoms with Gasteiger partial charge in [-0.1, -0.05) is 36.4 Å². The van der Waals surface area contributed by atoms with Crippen molar-refractivity contribution in [3.8, 4) is 10.0 Å². The van der Waals surface area contributed by atoms with Crippen molar-refractivity contribution in [2.75, 3.05) is 21.1 Å². The monoisotopic (exact) mass is 904 g/mol. The van der Waals surface area contributed by atoms with Crippen molar-refractivity contribution in [1.29, 1.82) is 0 Å². The molecule has 8 heterocycles. The van der Waals surface area contributed by atoms with Gasteiger partial charge in [-0.3, -0.25) is 23.9 Å². The van der Waals surface area contributed by atoms with E-state index in [1.165, 1.54) is 29.6 Å². The van der Waals surface area contributed by atoms with Gasteiger partial charge in [0.2, 0.25) is 5.91 Å². The maximum atomic E-state index is 11.4. The number of rotatable bonds is 9. The number of nitrogens with one attached hydrogen (secondary N) is 1. The fraction of sp³-hybridized carbons (Fsp3) is 0.196. The number of fused-ring (bicyclic) bond motifs is 6. The zero-order chi connectivity index (χ0) is 45.4. The molecular weight excluding hydrogens is 861 g/mol. The zero-order valence-corrected chi connectivity index (χ0v) is 37.8. The zero-order valence-electron chi connectivity index (χ0n) is 36.1. The number of thiophene rings is 2. The van der Waals surface area contributed by atoms with E-state index in [0.29, 0.717) is 36.4 Å². The van der Waals surface area contributed by atoms with Crippen LogP contribution in [0, 0.1) is 27.7 Å². The maximum Gasteiger partial charge on any atom is 0.253 e. The number of nitrogen functional groups attached to an aromatic ring is 1. The minimum atomic E-state index is -0.126. The van der Waals surface area contributed by atoms with Gasteiger partial charge >= 0.3 is 0 Å². The van der Waals surface area contributed by atoms with Gasteiger partial charge in [-0.15, -0.1) is 43.1 Å². The molecule has 0 saturated carbocycles. The molecule has 8 aromatic rings. The fourth-order valence-corrected chi connectivity index (χ4v) is 10.1. The Balaban J connectivity index is 0.000000165. The highest BCUT2D eigenvalue weighted by atomic mass is 32.1. The number of nitrogens with two attached hydrogens (primary N) is 1. The van der Waals surface area contributed by atoms with E-state index in [1.807, 2.05) is 126 Å². The number of aliphatic hydroxyl groups excluding tert-OH is 2. The van der Waals surface area contributed by atoms with Gasteiger partial charge in [0.1, 0.15) is 33.1 Å². The first-order valence-electron chi connectivity index (χ1n) is 20.6. The summed E-state index contributed by atoms with van der Waals surface area (Å²) in [5.41, 5.74) is 16.6. The van der Waals surface area contributed by atoms with Crippen LogP contribution in [0.4, 0.5) is 23.3 Å². The lowest BCUT2D eigenvalue weighted by Crippen LogP contribution is -2.20. The second-order valence-corrected chi connectivity index (χ2v) is 17.5. The molecule has 0 spiro atoms. The number of aliphatic hydroxyl groups is 2.